The Morgan fingerprint density at radius 3 is 2.86 bits per heavy atom. The number of halogens is 3. The standard InChI is InChI=1S/C15H15F3N2O2/c1-22-9-3-5-13-11(7-9)10-6-8(2-4-12(10)20-13)19-14(21)15(16,17)18/h3,5,7-8,20H,2,4,6H2,1H3,(H,19,21). The van der Waals surface area contributed by atoms with Crippen LogP contribution in [-0.2, 0) is 17.6 Å². The molecule has 0 saturated carbocycles. The summed E-state index contributed by atoms with van der Waals surface area (Å²) < 4.78 is 42.3. The summed E-state index contributed by atoms with van der Waals surface area (Å²) in [6.07, 6.45) is -3.37. The number of fused-ring (bicyclic) bond motifs is 3. The maximum Gasteiger partial charge on any atom is 0.471 e. The van der Waals surface area contributed by atoms with Crippen LogP contribution < -0.4 is 10.1 Å². The molecule has 1 aliphatic rings. The van der Waals surface area contributed by atoms with Gasteiger partial charge in [-0.15, -0.1) is 0 Å². The molecule has 0 bridgehead atoms. The van der Waals surface area contributed by atoms with Crippen molar-refractivity contribution in [3.05, 3.63) is 29.5 Å². The molecule has 2 aromatic rings. The molecule has 1 unspecified atom stereocenters. The zero-order valence-corrected chi connectivity index (χ0v) is 11.9. The molecule has 1 aliphatic carbocycles. The lowest BCUT2D eigenvalue weighted by molar-refractivity contribution is -0.174. The van der Waals surface area contributed by atoms with Crippen molar-refractivity contribution >= 4 is 16.8 Å². The lowest BCUT2D eigenvalue weighted by atomic mass is 9.91. The fourth-order valence-corrected chi connectivity index (χ4v) is 2.91. The Kier molecular flexibility index (Phi) is 3.50. The van der Waals surface area contributed by atoms with E-state index in [1.165, 1.54) is 0 Å². The highest BCUT2D eigenvalue weighted by Gasteiger charge is 2.40. The number of carbonyl (C=O) groups is 1. The van der Waals surface area contributed by atoms with Crippen LogP contribution in [0.2, 0.25) is 0 Å². The molecule has 0 spiro atoms. The molecule has 7 heteroatoms. The first-order valence-corrected chi connectivity index (χ1v) is 6.93. The average Bonchev–Trinajstić information content (AvgIpc) is 2.83. The smallest absolute Gasteiger partial charge is 0.471 e. The minimum absolute atomic E-state index is 0.379. The third kappa shape index (κ3) is 2.63. The Morgan fingerprint density at radius 2 is 2.18 bits per heavy atom. The summed E-state index contributed by atoms with van der Waals surface area (Å²) in [5, 5.41) is 3.00. The zero-order chi connectivity index (χ0) is 15.9. The molecule has 1 aromatic carbocycles. The first-order chi connectivity index (χ1) is 10.4. The molecule has 0 fully saturated rings. The van der Waals surface area contributed by atoms with E-state index in [0.29, 0.717) is 25.0 Å². The number of benzene rings is 1. The van der Waals surface area contributed by atoms with Gasteiger partial charge in [-0.05, 0) is 43.0 Å². The highest BCUT2D eigenvalue weighted by molar-refractivity contribution is 5.87. The number of aryl methyl sites for hydroxylation is 1. The van der Waals surface area contributed by atoms with Crippen LogP contribution in [0.1, 0.15) is 17.7 Å². The maximum atomic E-state index is 12.4. The summed E-state index contributed by atoms with van der Waals surface area (Å²) in [4.78, 5) is 14.4. The second-order valence-electron chi connectivity index (χ2n) is 5.40. The van der Waals surface area contributed by atoms with Gasteiger partial charge in [0.1, 0.15) is 5.75 Å². The van der Waals surface area contributed by atoms with Gasteiger partial charge < -0.3 is 15.0 Å². The third-order valence-corrected chi connectivity index (χ3v) is 3.99. The van der Waals surface area contributed by atoms with E-state index in [1.807, 2.05) is 18.2 Å². The quantitative estimate of drug-likeness (QED) is 0.896. The van der Waals surface area contributed by atoms with Crippen LogP contribution in [0.3, 0.4) is 0 Å². The number of carbonyl (C=O) groups excluding carboxylic acids is 1. The molecule has 2 N–H and O–H groups in total. The van der Waals surface area contributed by atoms with E-state index in [2.05, 4.69) is 10.3 Å². The number of ether oxygens (including phenoxy) is 1. The number of hydrogen-bond acceptors (Lipinski definition) is 2. The van der Waals surface area contributed by atoms with E-state index in [-0.39, 0.29) is 0 Å². The summed E-state index contributed by atoms with van der Waals surface area (Å²) in [5.41, 5.74) is 2.89. The summed E-state index contributed by atoms with van der Waals surface area (Å²) >= 11 is 0. The van der Waals surface area contributed by atoms with Crippen molar-refractivity contribution in [1.82, 2.24) is 10.3 Å². The molecular formula is C15H15F3N2O2. The Bertz CT molecular complexity index is 721. The van der Waals surface area contributed by atoms with Gasteiger partial charge in [0.25, 0.3) is 0 Å². The molecule has 1 heterocycles. The van der Waals surface area contributed by atoms with E-state index in [9.17, 15) is 18.0 Å². The van der Waals surface area contributed by atoms with Gasteiger partial charge in [0.15, 0.2) is 0 Å². The van der Waals surface area contributed by atoms with Gasteiger partial charge >= 0.3 is 12.1 Å². The van der Waals surface area contributed by atoms with Crippen molar-refractivity contribution < 1.29 is 22.7 Å². The highest BCUT2D eigenvalue weighted by Crippen LogP contribution is 2.31. The van der Waals surface area contributed by atoms with E-state index in [1.54, 1.807) is 7.11 Å². The number of H-pyrrole nitrogens is 1. The molecule has 1 atom stereocenters. The summed E-state index contributed by atoms with van der Waals surface area (Å²) in [6.45, 7) is 0. The van der Waals surface area contributed by atoms with E-state index >= 15 is 0 Å². The molecule has 22 heavy (non-hydrogen) atoms. The Labute approximate surface area is 124 Å². The molecule has 0 saturated heterocycles. The Morgan fingerprint density at radius 1 is 1.41 bits per heavy atom. The fraction of sp³-hybridized carbons (Fsp3) is 0.400. The second-order valence-corrected chi connectivity index (χ2v) is 5.40. The van der Waals surface area contributed by atoms with E-state index in [0.717, 1.165) is 22.2 Å². The van der Waals surface area contributed by atoms with Crippen LogP contribution in [0.15, 0.2) is 18.2 Å². The number of nitrogens with one attached hydrogen (secondary N) is 2. The lowest BCUT2D eigenvalue weighted by Gasteiger charge is -2.24. The first-order valence-electron chi connectivity index (χ1n) is 6.93. The molecule has 0 radical (unpaired) electrons. The Balaban J connectivity index is 1.87. The number of aromatic amines is 1. The number of hydrogen-bond donors (Lipinski definition) is 2. The first kappa shape index (κ1) is 14.7. The van der Waals surface area contributed by atoms with Crippen LogP contribution in [-0.4, -0.2) is 30.2 Å². The van der Waals surface area contributed by atoms with Crippen molar-refractivity contribution in [2.75, 3.05) is 7.11 Å². The van der Waals surface area contributed by atoms with Gasteiger partial charge in [0.05, 0.1) is 7.11 Å². The van der Waals surface area contributed by atoms with Gasteiger partial charge in [-0.2, -0.15) is 13.2 Å². The van der Waals surface area contributed by atoms with E-state index in [4.69, 9.17) is 4.74 Å². The molecule has 1 amide bonds. The van der Waals surface area contributed by atoms with Crippen LogP contribution >= 0.6 is 0 Å². The number of rotatable bonds is 2. The molecule has 4 nitrogen and oxygen atoms in total. The predicted octanol–water partition coefficient (Wildman–Crippen LogP) is 2.71. The van der Waals surface area contributed by atoms with Gasteiger partial charge in [-0.1, -0.05) is 0 Å². The normalized spacial score (nSPS) is 18.1. The van der Waals surface area contributed by atoms with Gasteiger partial charge in [0.2, 0.25) is 0 Å². The van der Waals surface area contributed by atoms with Gasteiger partial charge in [-0.3, -0.25) is 4.79 Å². The van der Waals surface area contributed by atoms with Crippen molar-refractivity contribution in [3.63, 3.8) is 0 Å². The van der Waals surface area contributed by atoms with Crippen LogP contribution in [0.5, 0.6) is 5.75 Å². The topological polar surface area (TPSA) is 54.1 Å². The SMILES string of the molecule is COc1ccc2[nH]c3c(c2c1)CC(NC(=O)C(F)(F)F)CC3. The van der Waals surface area contributed by atoms with Crippen molar-refractivity contribution in [2.45, 2.75) is 31.5 Å². The molecular weight excluding hydrogens is 297 g/mol. The maximum absolute atomic E-state index is 12.4. The number of aromatic nitrogens is 1. The monoisotopic (exact) mass is 312 g/mol. The summed E-state index contributed by atoms with van der Waals surface area (Å²) in [5.74, 6) is -1.19. The second kappa shape index (κ2) is 5.23. The Hall–Kier alpha value is -2.18. The minimum atomic E-state index is -4.84. The number of amides is 1. The van der Waals surface area contributed by atoms with Crippen LogP contribution in [0, 0.1) is 0 Å². The highest BCUT2D eigenvalue weighted by atomic mass is 19.4. The molecule has 118 valence electrons. The average molecular weight is 312 g/mol. The number of methoxy groups -OCH3 is 1. The van der Waals surface area contributed by atoms with E-state index < -0.39 is 18.1 Å². The summed E-state index contributed by atoms with van der Waals surface area (Å²) in [7, 11) is 1.56. The zero-order valence-electron chi connectivity index (χ0n) is 11.9. The molecule has 1 aromatic heterocycles. The minimum Gasteiger partial charge on any atom is -0.497 e. The van der Waals surface area contributed by atoms with Gasteiger partial charge in [-0.25, -0.2) is 0 Å². The third-order valence-electron chi connectivity index (χ3n) is 3.99. The largest absolute Gasteiger partial charge is 0.497 e. The molecule has 0 aliphatic heterocycles. The van der Waals surface area contributed by atoms with Crippen LogP contribution in [0.4, 0.5) is 13.2 Å². The van der Waals surface area contributed by atoms with Crippen molar-refractivity contribution in [1.29, 1.82) is 0 Å². The van der Waals surface area contributed by atoms with Gasteiger partial charge in [0, 0.05) is 22.6 Å². The number of alkyl halides is 3. The lowest BCUT2D eigenvalue weighted by Crippen LogP contribution is -2.45. The summed E-state index contributed by atoms with van der Waals surface area (Å²) in [6, 6.07) is 5.06. The van der Waals surface area contributed by atoms with Crippen molar-refractivity contribution in [2.24, 2.45) is 0 Å². The van der Waals surface area contributed by atoms with Crippen LogP contribution in [0.25, 0.3) is 10.9 Å². The van der Waals surface area contributed by atoms with Crippen molar-refractivity contribution in [3.8, 4) is 5.75 Å². The predicted molar refractivity (Wildman–Crippen MR) is 74.9 cm³/mol. The molecule has 3 rings (SSSR count). The fourth-order valence-electron chi connectivity index (χ4n) is 2.91.